The lowest BCUT2D eigenvalue weighted by molar-refractivity contribution is 0.00578. The SMILES string of the molecule is CC1(C)OB(CCC[SiH](CCc2ccccc2)c2ccccc2)OC1(C)C. The van der Waals surface area contributed by atoms with E-state index in [1.807, 2.05) is 0 Å². The second-order valence-electron chi connectivity index (χ2n) is 8.75. The molecule has 1 atom stereocenters. The molecule has 3 rings (SSSR count). The van der Waals surface area contributed by atoms with Crippen LogP contribution in [-0.4, -0.2) is 27.1 Å². The lowest BCUT2D eigenvalue weighted by Crippen LogP contribution is -2.41. The van der Waals surface area contributed by atoms with Crippen LogP contribution in [0.25, 0.3) is 0 Å². The molecule has 2 aromatic carbocycles. The molecule has 1 aliphatic heterocycles. The Hall–Kier alpha value is -1.36. The molecule has 1 saturated heterocycles. The second kappa shape index (κ2) is 8.76. The van der Waals surface area contributed by atoms with Crippen LogP contribution in [-0.2, 0) is 15.7 Å². The highest BCUT2D eigenvalue weighted by atomic mass is 28.3. The van der Waals surface area contributed by atoms with E-state index in [1.54, 1.807) is 5.19 Å². The summed E-state index contributed by atoms with van der Waals surface area (Å²) in [6.07, 6.45) is 3.36. The Kier molecular flexibility index (Phi) is 6.61. The van der Waals surface area contributed by atoms with Crippen molar-refractivity contribution in [1.29, 1.82) is 0 Å². The Labute approximate surface area is 167 Å². The summed E-state index contributed by atoms with van der Waals surface area (Å²) in [6.45, 7) is 8.53. The first kappa shape index (κ1) is 20.4. The molecular formula is C23H33BO2Si. The molecule has 144 valence electrons. The largest absolute Gasteiger partial charge is 0.457 e. The van der Waals surface area contributed by atoms with Crippen LogP contribution in [0.15, 0.2) is 60.7 Å². The lowest BCUT2D eigenvalue weighted by Gasteiger charge is -2.32. The molecule has 1 heterocycles. The Bertz CT molecular complexity index is 687. The quantitative estimate of drug-likeness (QED) is 0.610. The standard InChI is InChI=1S/C23H33BO2Si/c1-22(2)23(3,4)26-24(25-22)17-11-18-27(21-14-9-6-10-15-21)19-16-20-12-7-5-8-13-20/h5-10,12-15,27H,11,16-19H2,1-4H3. The van der Waals surface area contributed by atoms with Crippen LogP contribution < -0.4 is 5.19 Å². The minimum atomic E-state index is -1.000. The van der Waals surface area contributed by atoms with Crippen molar-refractivity contribution in [3.8, 4) is 0 Å². The average Bonchev–Trinajstić information content (AvgIpc) is 2.86. The van der Waals surface area contributed by atoms with Crippen LogP contribution in [0.2, 0.25) is 18.4 Å². The summed E-state index contributed by atoms with van der Waals surface area (Å²) in [5, 5.41) is 1.59. The number of benzene rings is 2. The summed E-state index contributed by atoms with van der Waals surface area (Å²) in [5.74, 6) is 0. The Morgan fingerprint density at radius 1 is 0.778 bits per heavy atom. The maximum absolute atomic E-state index is 6.17. The second-order valence-corrected chi connectivity index (χ2v) is 12.0. The molecular weight excluding hydrogens is 347 g/mol. The summed E-state index contributed by atoms with van der Waals surface area (Å²) in [4.78, 5) is 0. The zero-order valence-corrected chi connectivity index (χ0v) is 18.4. The van der Waals surface area contributed by atoms with Crippen molar-refractivity contribution in [3.63, 3.8) is 0 Å². The predicted octanol–water partition coefficient (Wildman–Crippen LogP) is 4.85. The molecule has 0 aromatic heterocycles. The van der Waals surface area contributed by atoms with E-state index < -0.39 is 8.80 Å². The average molecular weight is 380 g/mol. The maximum atomic E-state index is 6.17. The summed E-state index contributed by atoms with van der Waals surface area (Å²) in [5.41, 5.74) is 1.01. The van der Waals surface area contributed by atoms with Crippen LogP contribution in [0.5, 0.6) is 0 Å². The van der Waals surface area contributed by atoms with E-state index in [9.17, 15) is 0 Å². The van der Waals surface area contributed by atoms with Gasteiger partial charge in [-0.25, -0.2) is 0 Å². The van der Waals surface area contributed by atoms with E-state index in [2.05, 4.69) is 88.4 Å². The molecule has 1 aliphatic rings. The van der Waals surface area contributed by atoms with Gasteiger partial charge < -0.3 is 9.31 Å². The van der Waals surface area contributed by atoms with E-state index in [0.717, 1.165) is 6.32 Å². The number of hydrogen-bond donors (Lipinski definition) is 0. The van der Waals surface area contributed by atoms with Gasteiger partial charge in [0.05, 0.1) is 20.0 Å². The Morgan fingerprint density at radius 2 is 1.33 bits per heavy atom. The highest BCUT2D eigenvalue weighted by Gasteiger charge is 2.50. The number of aryl methyl sites for hydroxylation is 1. The van der Waals surface area contributed by atoms with Gasteiger partial charge in [-0.1, -0.05) is 84.4 Å². The van der Waals surface area contributed by atoms with Gasteiger partial charge in [-0.2, -0.15) is 0 Å². The van der Waals surface area contributed by atoms with E-state index in [4.69, 9.17) is 9.31 Å². The van der Waals surface area contributed by atoms with Crippen LogP contribution in [0.1, 0.15) is 39.7 Å². The van der Waals surface area contributed by atoms with E-state index in [-0.39, 0.29) is 18.3 Å². The summed E-state index contributed by atoms with van der Waals surface area (Å²) in [6, 6.07) is 24.7. The normalized spacial score (nSPS) is 19.2. The lowest BCUT2D eigenvalue weighted by atomic mass is 9.83. The first-order chi connectivity index (χ1) is 12.9. The Balaban J connectivity index is 1.56. The van der Waals surface area contributed by atoms with Crippen LogP contribution >= 0.6 is 0 Å². The summed E-state index contributed by atoms with van der Waals surface area (Å²) < 4.78 is 12.3. The van der Waals surface area contributed by atoms with Crippen molar-refractivity contribution in [2.75, 3.05) is 0 Å². The molecule has 0 amide bonds. The molecule has 0 spiro atoms. The molecule has 2 nitrogen and oxygen atoms in total. The number of rotatable bonds is 8. The summed E-state index contributed by atoms with van der Waals surface area (Å²) >= 11 is 0. The van der Waals surface area contributed by atoms with E-state index >= 15 is 0 Å². The minimum Gasteiger partial charge on any atom is -0.403 e. The fourth-order valence-electron chi connectivity index (χ4n) is 3.80. The topological polar surface area (TPSA) is 18.5 Å². The molecule has 27 heavy (non-hydrogen) atoms. The molecule has 2 aromatic rings. The van der Waals surface area contributed by atoms with Gasteiger partial charge in [-0.3, -0.25) is 0 Å². The molecule has 1 unspecified atom stereocenters. The molecule has 0 bridgehead atoms. The van der Waals surface area contributed by atoms with Gasteiger partial charge in [0.2, 0.25) is 0 Å². The van der Waals surface area contributed by atoms with Crippen LogP contribution in [0, 0.1) is 0 Å². The van der Waals surface area contributed by atoms with Gasteiger partial charge >= 0.3 is 7.12 Å². The summed E-state index contributed by atoms with van der Waals surface area (Å²) in [7, 11) is -1.06. The highest BCUT2D eigenvalue weighted by Crippen LogP contribution is 2.38. The van der Waals surface area contributed by atoms with Crippen molar-refractivity contribution in [1.82, 2.24) is 0 Å². The van der Waals surface area contributed by atoms with Crippen LogP contribution in [0.4, 0.5) is 0 Å². The Morgan fingerprint density at radius 3 is 1.93 bits per heavy atom. The minimum absolute atomic E-state index is 0.0606. The molecule has 0 aliphatic carbocycles. The number of hydrogen-bond acceptors (Lipinski definition) is 2. The third kappa shape index (κ3) is 5.34. The third-order valence-electron chi connectivity index (χ3n) is 6.19. The smallest absolute Gasteiger partial charge is 0.403 e. The zero-order valence-electron chi connectivity index (χ0n) is 17.3. The van der Waals surface area contributed by atoms with Gasteiger partial charge in [0.1, 0.15) is 0 Å². The van der Waals surface area contributed by atoms with E-state index in [0.29, 0.717) is 0 Å². The van der Waals surface area contributed by atoms with Gasteiger partial charge in [-0.05, 0) is 46.0 Å². The van der Waals surface area contributed by atoms with Crippen molar-refractivity contribution in [2.45, 2.75) is 70.1 Å². The third-order valence-corrected chi connectivity index (χ3v) is 9.61. The first-order valence-corrected chi connectivity index (χ1v) is 12.5. The van der Waals surface area contributed by atoms with Crippen LogP contribution in [0.3, 0.4) is 0 Å². The molecule has 0 N–H and O–H groups in total. The monoisotopic (exact) mass is 380 g/mol. The predicted molar refractivity (Wildman–Crippen MR) is 118 cm³/mol. The molecule has 4 heteroatoms. The van der Waals surface area contributed by atoms with Gasteiger partial charge in [0, 0.05) is 0 Å². The molecule has 0 saturated carbocycles. The fourth-order valence-corrected chi connectivity index (χ4v) is 6.93. The van der Waals surface area contributed by atoms with Crippen molar-refractivity contribution < 1.29 is 9.31 Å². The fraction of sp³-hybridized carbons (Fsp3) is 0.478. The van der Waals surface area contributed by atoms with Crippen molar-refractivity contribution in [3.05, 3.63) is 66.2 Å². The van der Waals surface area contributed by atoms with Gasteiger partial charge in [0.25, 0.3) is 0 Å². The first-order valence-electron chi connectivity index (χ1n) is 10.3. The molecule has 0 radical (unpaired) electrons. The highest BCUT2D eigenvalue weighted by molar-refractivity contribution is 6.73. The van der Waals surface area contributed by atoms with E-state index in [1.165, 1.54) is 30.5 Å². The van der Waals surface area contributed by atoms with Gasteiger partial charge in [0.15, 0.2) is 0 Å². The van der Waals surface area contributed by atoms with Gasteiger partial charge in [-0.15, -0.1) is 0 Å². The zero-order chi connectivity index (χ0) is 19.3. The van der Waals surface area contributed by atoms with Crippen molar-refractivity contribution in [2.24, 2.45) is 0 Å². The van der Waals surface area contributed by atoms with Crippen molar-refractivity contribution >= 4 is 21.1 Å². The molecule has 1 fully saturated rings. The maximum Gasteiger partial charge on any atom is 0.457 e.